The van der Waals surface area contributed by atoms with E-state index in [1.54, 1.807) is 20.3 Å². The summed E-state index contributed by atoms with van der Waals surface area (Å²) in [6.45, 7) is 1.94. The first-order valence-corrected chi connectivity index (χ1v) is 10.1. The molecule has 2 aromatic heterocycles. The van der Waals surface area contributed by atoms with Crippen LogP contribution in [-0.4, -0.2) is 41.3 Å². The molecule has 3 aromatic rings. The summed E-state index contributed by atoms with van der Waals surface area (Å²) >= 11 is 0. The van der Waals surface area contributed by atoms with Gasteiger partial charge in [0.05, 0.1) is 37.3 Å². The largest absolute Gasteiger partial charge is 0.490 e. The Morgan fingerprint density at radius 2 is 1.67 bits per heavy atom. The van der Waals surface area contributed by atoms with Crippen molar-refractivity contribution in [1.29, 1.82) is 0 Å². The first-order valence-electron chi connectivity index (χ1n) is 10.1. The maximum atomic E-state index is 6.34. The predicted octanol–water partition coefficient (Wildman–Crippen LogP) is 3.73. The van der Waals surface area contributed by atoms with E-state index in [4.69, 9.17) is 19.9 Å². The van der Waals surface area contributed by atoms with Crippen LogP contribution in [0.5, 0.6) is 17.5 Å². The number of rotatable bonds is 6. The molecule has 8 heteroatoms. The molecule has 0 aliphatic heterocycles. The molecule has 0 amide bonds. The highest BCUT2D eigenvalue weighted by Gasteiger charge is 2.24. The molecule has 8 nitrogen and oxygen atoms in total. The number of anilines is 2. The SMILES string of the molecule is COc1cc(OC)nc(NC2CCC(Oc3cccc4nc(C)cc(N)c34)CC2)n1. The molecule has 4 rings (SSSR count). The van der Waals surface area contributed by atoms with Crippen molar-refractivity contribution in [2.24, 2.45) is 0 Å². The number of benzene rings is 1. The zero-order valence-electron chi connectivity index (χ0n) is 17.5. The predicted molar refractivity (Wildman–Crippen MR) is 116 cm³/mol. The first kappa shape index (κ1) is 20.0. The van der Waals surface area contributed by atoms with E-state index < -0.39 is 0 Å². The molecule has 0 bridgehead atoms. The van der Waals surface area contributed by atoms with Crippen LogP contribution in [0, 0.1) is 6.92 Å². The Balaban J connectivity index is 1.41. The minimum absolute atomic E-state index is 0.134. The van der Waals surface area contributed by atoms with Crippen molar-refractivity contribution in [1.82, 2.24) is 15.0 Å². The Bertz CT molecular complexity index is 1010. The third-order valence-electron chi connectivity index (χ3n) is 5.35. The standard InChI is InChI=1S/C22H27N5O3/c1-13-11-16(23)21-17(24-13)5-4-6-18(21)30-15-9-7-14(8-10-15)25-22-26-19(28-2)12-20(27-22)29-3/h4-6,11-12,14-15H,7-10H2,1-3H3,(H2,23,24)(H,25,26,27). The third-order valence-corrected chi connectivity index (χ3v) is 5.35. The highest BCUT2D eigenvalue weighted by Crippen LogP contribution is 2.33. The number of ether oxygens (including phenoxy) is 3. The minimum atomic E-state index is 0.134. The lowest BCUT2D eigenvalue weighted by Crippen LogP contribution is -2.31. The van der Waals surface area contributed by atoms with Gasteiger partial charge in [-0.15, -0.1) is 0 Å². The number of aryl methyl sites for hydroxylation is 1. The second kappa shape index (κ2) is 8.61. The van der Waals surface area contributed by atoms with E-state index >= 15 is 0 Å². The molecule has 1 aliphatic rings. The van der Waals surface area contributed by atoms with Gasteiger partial charge in [0, 0.05) is 17.4 Å². The number of methoxy groups -OCH3 is 2. The van der Waals surface area contributed by atoms with Crippen LogP contribution in [0.15, 0.2) is 30.3 Å². The van der Waals surface area contributed by atoms with E-state index in [-0.39, 0.29) is 12.1 Å². The topological polar surface area (TPSA) is 104 Å². The Labute approximate surface area is 175 Å². The molecule has 0 saturated heterocycles. The van der Waals surface area contributed by atoms with Crippen LogP contribution in [0.1, 0.15) is 31.4 Å². The number of nitrogen functional groups attached to an aromatic ring is 1. The van der Waals surface area contributed by atoms with Crippen LogP contribution in [0.2, 0.25) is 0 Å². The molecule has 1 fully saturated rings. The molecule has 1 aliphatic carbocycles. The average Bonchev–Trinajstić information content (AvgIpc) is 2.74. The van der Waals surface area contributed by atoms with Gasteiger partial charge in [-0.25, -0.2) is 0 Å². The zero-order valence-corrected chi connectivity index (χ0v) is 17.5. The van der Waals surface area contributed by atoms with E-state index in [0.29, 0.717) is 23.4 Å². The van der Waals surface area contributed by atoms with Gasteiger partial charge in [0.1, 0.15) is 5.75 Å². The maximum absolute atomic E-state index is 6.34. The molecule has 0 spiro atoms. The number of hydrogen-bond acceptors (Lipinski definition) is 8. The lowest BCUT2D eigenvalue weighted by atomic mass is 9.93. The summed E-state index contributed by atoms with van der Waals surface area (Å²) in [5.74, 6) is 2.26. The van der Waals surface area contributed by atoms with Crippen LogP contribution in [0.4, 0.5) is 11.6 Å². The van der Waals surface area contributed by atoms with Crippen LogP contribution < -0.4 is 25.3 Å². The summed E-state index contributed by atoms with van der Waals surface area (Å²) in [4.78, 5) is 13.3. The normalized spacial score (nSPS) is 18.8. The number of fused-ring (bicyclic) bond motifs is 1. The highest BCUT2D eigenvalue weighted by atomic mass is 16.5. The second-order valence-corrected chi connectivity index (χ2v) is 7.52. The Morgan fingerprint density at radius 1 is 0.967 bits per heavy atom. The van der Waals surface area contributed by atoms with Gasteiger partial charge in [0.15, 0.2) is 0 Å². The lowest BCUT2D eigenvalue weighted by Gasteiger charge is -2.30. The molecule has 0 radical (unpaired) electrons. The summed E-state index contributed by atoms with van der Waals surface area (Å²) in [6.07, 6.45) is 3.88. The summed E-state index contributed by atoms with van der Waals surface area (Å²) in [5.41, 5.74) is 8.72. The quantitative estimate of drug-likeness (QED) is 0.634. The Kier molecular flexibility index (Phi) is 5.74. The fraction of sp³-hybridized carbons (Fsp3) is 0.409. The van der Waals surface area contributed by atoms with E-state index in [9.17, 15) is 0 Å². The van der Waals surface area contributed by atoms with Gasteiger partial charge < -0.3 is 25.3 Å². The second-order valence-electron chi connectivity index (χ2n) is 7.52. The van der Waals surface area contributed by atoms with Gasteiger partial charge in [-0.2, -0.15) is 9.97 Å². The van der Waals surface area contributed by atoms with Gasteiger partial charge >= 0.3 is 0 Å². The molecule has 1 saturated carbocycles. The van der Waals surface area contributed by atoms with E-state index in [2.05, 4.69) is 20.3 Å². The van der Waals surface area contributed by atoms with Crippen molar-refractivity contribution in [3.63, 3.8) is 0 Å². The molecule has 3 N–H and O–H groups in total. The smallest absolute Gasteiger partial charge is 0.229 e. The molecule has 158 valence electrons. The Hall–Kier alpha value is -3.29. The van der Waals surface area contributed by atoms with Crippen molar-refractivity contribution in [3.8, 4) is 17.5 Å². The molecule has 0 unspecified atom stereocenters. The summed E-state index contributed by atoms with van der Waals surface area (Å²) in [5, 5.41) is 4.28. The zero-order chi connectivity index (χ0) is 21.1. The van der Waals surface area contributed by atoms with Gasteiger partial charge in [-0.05, 0) is 50.8 Å². The summed E-state index contributed by atoms with van der Waals surface area (Å²) in [7, 11) is 3.15. The van der Waals surface area contributed by atoms with Crippen molar-refractivity contribution in [2.75, 3.05) is 25.3 Å². The number of nitrogens with two attached hydrogens (primary N) is 1. The average molecular weight is 409 g/mol. The van der Waals surface area contributed by atoms with Crippen LogP contribution in [-0.2, 0) is 0 Å². The fourth-order valence-electron chi connectivity index (χ4n) is 3.89. The number of pyridine rings is 1. The minimum Gasteiger partial charge on any atom is -0.490 e. The summed E-state index contributed by atoms with van der Waals surface area (Å²) < 4.78 is 16.8. The van der Waals surface area contributed by atoms with Crippen LogP contribution >= 0.6 is 0 Å². The molecule has 1 aromatic carbocycles. The van der Waals surface area contributed by atoms with Gasteiger partial charge in [0.25, 0.3) is 0 Å². The van der Waals surface area contributed by atoms with Crippen molar-refractivity contribution >= 4 is 22.5 Å². The van der Waals surface area contributed by atoms with E-state index in [0.717, 1.165) is 48.0 Å². The lowest BCUT2D eigenvalue weighted by molar-refractivity contribution is 0.152. The number of nitrogens with one attached hydrogen (secondary N) is 1. The molecule has 2 heterocycles. The van der Waals surface area contributed by atoms with Gasteiger partial charge in [0.2, 0.25) is 17.7 Å². The van der Waals surface area contributed by atoms with Crippen molar-refractivity contribution < 1.29 is 14.2 Å². The monoisotopic (exact) mass is 409 g/mol. The maximum Gasteiger partial charge on any atom is 0.229 e. The van der Waals surface area contributed by atoms with Crippen LogP contribution in [0.3, 0.4) is 0 Å². The van der Waals surface area contributed by atoms with Gasteiger partial charge in [-0.1, -0.05) is 6.07 Å². The third kappa shape index (κ3) is 4.32. The fourth-order valence-corrected chi connectivity index (χ4v) is 3.89. The van der Waals surface area contributed by atoms with Crippen molar-refractivity contribution in [3.05, 3.63) is 36.0 Å². The summed E-state index contributed by atoms with van der Waals surface area (Å²) in [6, 6.07) is 9.71. The highest BCUT2D eigenvalue weighted by molar-refractivity contribution is 5.95. The molecule has 30 heavy (non-hydrogen) atoms. The van der Waals surface area contributed by atoms with Crippen LogP contribution in [0.25, 0.3) is 10.9 Å². The van der Waals surface area contributed by atoms with E-state index in [1.807, 2.05) is 31.2 Å². The van der Waals surface area contributed by atoms with Crippen molar-refractivity contribution in [2.45, 2.75) is 44.8 Å². The first-order chi connectivity index (χ1) is 14.6. The molecular formula is C22H27N5O3. The molecule has 0 atom stereocenters. The molecular weight excluding hydrogens is 382 g/mol. The number of nitrogens with zero attached hydrogens (tertiary/aromatic N) is 3. The Morgan fingerprint density at radius 3 is 2.33 bits per heavy atom. The number of hydrogen-bond donors (Lipinski definition) is 2. The number of aromatic nitrogens is 3. The van der Waals surface area contributed by atoms with E-state index in [1.165, 1.54) is 0 Å². The van der Waals surface area contributed by atoms with Gasteiger partial charge in [-0.3, -0.25) is 4.98 Å².